The third-order valence-electron chi connectivity index (χ3n) is 5.04. The number of aromatic nitrogens is 4. The van der Waals surface area contributed by atoms with E-state index in [1.54, 1.807) is 11.7 Å². The highest BCUT2D eigenvalue weighted by molar-refractivity contribution is 5.92. The zero-order valence-electron chi connectivity index (χ0n) is 17.5. The summed E-state index contributed by atoms with van der Waals surface area (Å²) in [6.07, 6.45) is -4.39. The third-order valence-corrected chi connectivity index (χ3v) is 5.04. The van der Waals surface area contributed by atoms with Crippen LogP contribution in [-0.4, -0.2) is 26.3 Å². The average molecular weight is 441 g/mol. The van der Waals surface area contributed by atoms with Gasteiger partial charge in [-0.25, -0.2) is 4.68 Å². The van der Waals surface area contributed by atoms with E-state index in [1.165, 1.54) is 12.1 Å². The smallest absolute Gasteiger partial charge is 0.352 e. The van der Waals surface area contributed by atoms with Gasteiger partial charge in [-0.05, 0) is 36.8 Å². The molecule has 0 saturated heterocycles. The Morgan fingerprint density at radius 3 is 2.38 bits per heavy atom. The third kappa shape index (κ3) is 4.50. The van der Waals surface area contributed by atoms with E-state index in [1.807, 2.05) is 37.3 Å². The van der Waals surface area contributed by atoms with Gasteiger partial charge in [0.05, 0.1) is 16.6 Å². The second kappa shape index (κ2) is 8.46. The van der Waals surface area contributed by atoms with Gasteiger partial charge in [0.1, 0.15) is 5.82 Å². The number of rotatable bonds is 6. The Bertz CT molecular complexity index is 1220. The van der Waals surface area contributed by atoms with Crippen LogP contribution in [0.1, 0.15) is 22.9 Å². The molecule has 32 heavy (non-hydrogen) atoms. The van der Waals surface area contributed by atoms with Crippen molar-refractivity contribution in [2.75, 3.05) is 17.2 Å². The maximum absolute atomic E-state index is 12.9. The summed E-state index contributed by atoms with van der Waals surface area (Å²) >= 11 is 0. The van der Waals surface area contributed by atoms with Crippen LogP contribution in [-0.2, 0) is 13.2 Å². The molecule has 0 bridgehead atoms. The van der Waals surface area contributed by atoms with E-state index in [0.717, 1.165) is 17.7 Å². The van der Waals surface area contributed by atoms with Crippen molar-refractivity contribution in [3.63, 3.8) is 0 Å². The molecule has 1 atom stereocenters. The van der Waals surface area contributed by atoms with Gasteiger partial charge in [0.25, 0.3) is 0 Å². The van der Waals surface area contributed by atoms with Crippen LogP contribution in [0.2, 0.25) is 0 Å². The summed E-state index contributed by atoms with van der Waals surface area (Å²) in [5, 5.41) is 11.3. The van der Waals surface area contributed by atoms with Crippen molar-refractivity contribution in [3.8, 4) is 0 Å². The molecule has 0 saturated carbocycles. The van der Waals surface area contributed by atoms with Crippen molar-refractivity contribution in [2.24, 2.45) is 12.8 Å². The van der Waals surface area contributed by atoms with Crippen LogP contribution in [0.4, 0.5) is 30.6 Å². The molecule has 166 valence electrons. The normalized spacial score (nSPS) is 12.7. The van der Waals surface area contributed by atoms with Crippen molar-refractivity contribution >= 4 is 28.5 Å². The van der Waals surface area contributed by atoms with Crippen molar-refractivity contribution < 1.29 is 13.2 Å². The molecule has 4 aromatic rings. The number of nitrogens with one attached hydrogen (secondary N) is 2. The van der Waals surface area contributed by atoms with Crippen LogP contribution in [0.15, 0.2) is 54.6 Å². The van der Waals surface area contributed by atoms with Gasteiger partial charge in [0.15, 0.2) is 5.65 Å². The Morgan fingerprint density at radius 1 is 1.03 bits per heavy atom. The molecule has 0 fully saturated rings. The Morgan fingerprint density at radius 2 is 1.72 bits per heavy atom. The number of benzene rings is 2. The molecule has 0 spiro atoms. The van der Waals surface area contributed by atoms with Crippen LogP contribution in [0.5, 0.6) is 0 Å². The minimum Gasteiger partial charge on any atom is -0.352 e. The lowest BCUT2D eigenvalue weighted by Crippen LogP contribution is -2.21. The van der Waals surface area contributed by atoms with Crippen LogP contribution >= 0.6 is 0 Å². The number of alkyl halides is 3. The minimum absolute atomic E-state index is 0.268. The highest BCUT2D eigenvalue weighted by Gasteiger charge is 2.30. The Labute approximate surface area is 182 Å². The Hall–Kier alpha value is -3.66. The van der Waals surface area contributed by atoms with Crippen LogP contribution in [0.3, 0.4) is 0 Å². The topological polar surface area (TPSA) is 93.7 Å². The van der Waals surface area contributed by atoms with Crippen LogP contribution in [0, 0.1) is 6.92 Å². The molecule has 2 aromatic carbocycles. The molecule has 0 radical (unpaired) electrons. The molecule has 0 amide bonds. The number of hydrogen-bond donors (Lipinski definition) is 3. The number of hydrogen-bond acceptors (Lipinski definition) is 6. The first-order chi connectivity index (χ1) is 15.2. The maximum Gasteiger partial charge on any atom is 0.416 e. The number of aryl methyl sites for hydroxylation is 2. The van der Waals surface area contributed by atoms with Gasteiger partial charge < -0.3 is 16.4 Å². The molecule has 10 heteroatoms. The lowest BCUT2D eigenvalue weighted by atomic mass is 10.1. The van der Waals surface area contributed by atoms with Gasteiger partial charge in [0, 0.05) is 25.3 Å². The van der Waals surface area contributed by atoms with Crippen molar-refractivity contribution in [3.05, 3.63) is 71.4 Å². The average Bonchev–Trinajstić information content (AvgIpc) is 3.06. The number of fused-ring (bicyclic) bond motifs is 1. The Balaban J connectivity index is 1.62. The zero-order chi connectivity index (χ0) is 22.9. The second-order valence-corrected chi connectivity index (χ2v) is 7.40. The minimum atomic E-state index is -4.39. The highest BCUT2D eigenvalue weighted by Crippen LogP contribution is 2.32. The first-order valence-electron chi connectivity index (χ1n) is 9.92. The fourth-order valence-electron chi connectivity index (χ4n) is 3.41. The molecule has 0 aliphatic rings. The summed E-state index contributed by atoms with van der Waals surface area (Å²) in [6.45, 7) is 2.22. The lowest BCUT2D eigenvalue weighted by molar-refractivity contribution is -0.137. The fraction of sp³-hybridized carbons (Fsp3) is 0.227. The molecule has 7 nitrogen and oxygen atoms in total. The van der Waals surface area contributed by atoms with E-state index in [-0.39, 0.29) is 6.04 Å². The van der Waals surface area contributed by atoms with E-state index < -0.39 is 11.7 Å². The number of nitrogens with two attached hydrogens (primary N) is 1. The summed E-state index contributed by atoms with van der Waals surface area (Å²) in [7, 11) is 1.77. The lowest BCUT2D eigenvalue weighted by Gasteiger charge is -2.15. The maximum atomic E-state index is 12.9. The highest BCUT2D eigenvalue weighted by atomic mass is 19.4. The molecular weight excluding hydrogens is 419 g/mol. The molecule has 0 aliphatic heterocycles. The Kier molecular flexibility index (Phi) is 5.70. The van der Waals surface area contributed by atoms with E-state index >= 15 is 0 Å². The van der Waals surface area contributed by atoms with Crippen molar-refractivity contribution in [2.45, 2.75) is 19.1 Å². The summed E-state index contributed by atoms with van der Waals surface area (Å²) in [5.41, 5.74) is 8.26. The molecular formula is C22H22F3N7. The number of anilines is 3. The van der Waals surface area contributed by atoms with Gasteiger partial charge in [-0.1, -0.05) is 30.3 Å². The molecule has 1 unspecified atom stereocenters. The quantitative estimate of drug-likeness (QED) is 0.407. The largest absolute Gasteiger partial charge is 0.416 e. The SMILES string of the molecule is Cc1nn(C)c2nc(NCC(N)c3ccccc3)nc(Nc3ccc(C(F)(F)F)cc3)c12. The standard InChI is InChI=1S/C22H22F3N7/c1-13-18-19(28-16-10-8-15(9-11-16)22(23,24)25)29-21(30-20(18)32(2)31-13)27-12-17(26)14-6-4-3-5-7-14/h3-11,17H,12,26H2,1-2H3,(H2,27,28,29,30). The molecule has 4 N–H and O–H groups in total. The van der Waals surface area contributed by atoms with E-state index in [2.05, 4.69) is 25.7 Å². The molecule has 4 rings (SSSR count). The first kappa shape index (κ1) is 21.6. The van der Waals surface area contributed by atoms with Gasteiger partial charge in [-0.15, -0.1) is 0 Å². The van der Waals surface area contributed by atoms with E-state index in [4.69, 9.17) is 5.73 Å². The van der Waals surface area contributed by atoms with Crippen LogP contribution in [0.25, 0.3) is 11.0 Å². The molecule has 0 aliphatic carbocycles. The summed E-state index contributed by atoms with van der Waals surface area (Å²) < 4.78 is 40.2. The van der Waals surface area contributed by atoms with Gasteiger partial charge in [-0.3, -0.25) is 0 Å². The predicted octanol–water partition coefficient (Wildman–Crippen LogP) is 4.55. The molecule has 2 aromatic heterocycles. The summed E-state index contributed by atoms with van der Waals surface area (Å²) in [5.74, 6) is 0.775. The van der Waals surface area contributed by atoms with Gasteiger partial charge in [-0.2, -0.15) is 28.2 Å². The van der Waals surface area contributed by atoms with E-state index in [9.17, 15) is 13.2 Å². The van der Waals surface area contributed by atoms with Gasteiger partial charge in [0.2, 0.25) is 5.95 Å². The summed E-state index contributed by atoms with van der Waals surface area (Å²) in [4.78, 5) is 9.09. The summed E-state index contributed by atoms with van der Waals surface area (Å²) in [6, 6.07) is 14.1. The first-order valence-corrected chi connectivity index (χ1v) is 9.92. The number of nitrogens with zero attached hydrogens (tertiary/aromatic N) is 4. The zero-order valence-corrected chi connectivity index (χ0v) is 17.5. The monoisotopic (exact) mass is 441 g/mol. The van der Waals surface area contributed by atoms with E-state index in [0.29, 0.717) is 40.7 Å². The predicted molar refractivity (Wildman–Crippen MR) is 118 cm³/mol. The van der Waals surface area contributed by atoms with Crippen LogP contribution < -0.4 is 16.4 Å². The van der Waals surface area contributed by atoms with Crippen molar-refractivity contribution in [1.82, 2.24) is 19.7 Å². The molecule has 2 heterocycles. The second-order valence-electron chi connectivity index (χ2n) is 7.40. The van der Waals surface area contributed by atoms with Gasteiger partial charge >= 0.3 is 6.18 Å². The van der Waals surface area contributed by atoms with Crippen molar-refractivity contribution in [1.29, 1.82) is 0 Å². The fourth-order valence-corrected chi connectivity index (χ4v) is 3.41. The number of halogens is 3.